The molecule has 0 spiro atoms. The van der Waals surface area contributed by atoms with E-state index in [0.717, 1.165) is 31.7 Å². The molecule has 0 aliphatic heterocycles. The molecule has 0 aromatic heterocycles. The van der Waals surface area contributed by atoms with Crippen molar-refractivity contribution in [3.63, 3.8) is 0 Å². The van der Waals surface area contributed by atoms with Crippen LogP contribution in [0, 0.1) is 13.8 Å². The Bertz CT molecular complexity index is 925. The first-order valence-corrected chi connectivity index (χ1v) is 10.4. The van der Waals surface area contributed by atoms with Gasteiger partial charge < -0.3 is 0 Å². The van der Waals surface area contributed by atoms with Gasteiger partial charge in [0, 0.05) is 4.47 Å². The van der Waals surface area contributed by atoms with Gasteiger partial charge in [0.2, 0.25) is 10.0 Å². The lowest BCUT2D eigenvalue weighted by Crippen LogP contribution is -2.39. The van der Waals surface area contributed by atoms with Crippen molar-refractivity contribution in [3.8, 4) is 0 Å². The van der Waals surface area contributed by atoms with E-state index in [2.05, 4.69) is 26.5 Å². The zero-order valence-electron chi connectivity index (χ0n) is 14.7. The van der Waals surface area contributed by atoms with Crippen LogP contribution in [0.3, 0.4) is 0 Å². The molecule has 0 aliphatic rings. The number of halogens is 1. The van der Waals surface area contributed by atoms with E-state index in [1.807, 2.05) is 43.3 Å². The van der Waals surface area contributed by atoms with Gasteiger partial charge in [-0.25, -0.2) is 13.8 Å². The van der Waals surface area contributed by atoms with E-state index in [9.17, 15) is 13.2 Å². The molecule has 0 heterocycles. The molecule has 138 valence electrons. The zero-order chi connectivity index (χ0) is 19.3. The van der Waals surface area contributed by atoms with E-state index in [1.54, 1.807) is 13.0 Å². The molecule has 0 saturated carbocycles. The summed E-state index contributed by atoms with van der Waals surface area (Å²) in [6, 6.07) is 12.8. The van der Waals surface area contributed by atoms with Gasteiger partial charge in [0.1, 0.15) is 6.54 Å². The molecule has 0 fully saturated rings. The molecule has 0 bridgehead atoms. The van der Waals surface area contributed by atoms with Gasteiger partial charge in [0.05, 0.1) is 18.2 Å². The van der Waals surface area contributed by atoms with E-state index in [-0.39, 0.29) is 6.54 Å². The summed E-state index contributed by atoms with van der Waals surface area (Å²) < 4.78 is 26.3. The number of benzene rings is 2. The highest BCUT2D eigenvalue weighted by Crippen LogP contribution is 2.23. The number of hydrogen-bond acceptors (Lipinski definition) is 4. The molecule has 6 nitrogen and oxygen atoms in total. The average Bonchev–Trinajstić information content (AvgIpc) is 2.56. The number of hydrogen-bond donors (Lipinski definition) is 1. The first kappa shape index (κ1) is 20.1. The number of nitrogens with one attached hydrogen (secondary N) is 1. The van der Waals surface area contributed by atoms with Crippen molar-refractivity contribution < 1.29 is 13.2 Å². The van der Waals surface area contributed by atoms with Gasteiger partial charge in [-0.15, -0.1) is 0 Å². The fourth-order valence-corrected chi connectivity index (χ4v) is 3.43. The summed E-state index contributed by atoms with van der Waals surface area (Å²) in [5, 5.41) is 3.88. The average molecular weight is 438 g/mol. The van der Waals surface area contributed by atoms with Gasteiger partial charge in [-0.05, 0) is 48.7 Å². The molecule has 2 aromatic carbocycles. The molecular formula is C18H20BrN3O3S. The monoisotopic (exact) mass is 437 g/mol. The van der Waals surface area contributed by atoms with Crippen molar-refractivity contribution in [3.05, 3.63) is 63.6 Å². The van der Waals surface area contributed by atoms with Gasteiger partial charge in [-0.3, -0.25) is 9.10 Å². The maximum atomic E-state index is 12.2. The third-order valence-corrected chi connectivity index (χ3v) is 5.25. The molecule has 2 rings (SSSR count). The molecule has 26 heavy (non-hydrogen) atoms. The van der Waals surface area contributed by atoms with Crippen LogP contribution in [-0.4, -0.2) is 33.3 Å². The van der Waals surface area contributed by atoms with Crippen LogP contribution in [0.25, 0.3) is 0 Å². The Morgan fingerprint density at radius 3 is 2.46 bits per heavy atom. The van der Waals surface area contributed by atoms with Crippen molar-refractivity contribution in [1.82, 2.24) is 5.43 Å². The molecule has 1 N–H and O–H groups in total. The van der Waals surface area contributed by atoms with Crippen LogP contribution in [0.5, 0.6) is 0 Å². The molecule has 0 saturated heterocycles. The Morgan fingerprint density at radius 1 is 1.19 bits per heavy atom. The SMILES string of the molecule is Cc1ccc(C)c(N(CC(=O)N/N=C\c2ccc(Br)cc2)S(C)(=O)=O)c1. The second-order valence-corrected chi connectivity index (χ2v) is 8.73. The molecule has 0 aliphatic carbocycles. The lowest BCUT2D eigenvalue weighted by molar-refractivity contribution is -0.119. The number of rotatable bonds is 6. The third kappa shape index (κ3) is 5.67. The van der Waals surface area contributed by atoms with Crippen LogP contribution in [0.15, 0.2) is 52.0 Å². The third-order valence-electron chi connectivity index (χ3n) is 3.59. The second-order valence-electron chi connectivity index (χ2n) is 5.90. The fraction of sp³-hybridized carbons (Fsp3) is 0.222. The second kappa shape index (κ2) is 8.46. The maximum absolute atomic E-state index is 12.2. The summed E-state index contributed by atoms with van der Waals surface area (Å²) in [5.74, 6) is -0.523. The van der Waals surface area contributed by atoms with Crippen molar-refractivity contribution in [2.75, 3.05) is 17.1 Å². The van der Waals surface area contributed by atoms with Gasteiger partial charge in [-0.1, -0.05) is 40.2 Å². The lowest BCUT2D eigenvalue weighted by atomic mass is 10.1. The number of carbonyl (C=O) groups excluding carboxylic acids is 1. The Hall–Kier alpha value is -2.19. The molecular weight excluding hydrogens is 418 g/mol. The summed E-state index contributed by atoms with van der Waals surface area (Å²) >= 11 is 3.34. The maximum Gasteiger partial charge on any atom is 0.260 e. The number of nitrogens with zero attached hydrogens (tertiary/aromatic N) is 2. The van der Waals surface area contributed by atoms with E-state index in [1.165, 1.54) is 6.21 Å². The Kier molecular flexibility index (Phi) is 6.55. The number of hydrazone groups is 1. The summed E-state index contributed by atoms with van der Waals surface area (Å²) in [6.07, 6.45) is 2.57. The number of aryl methyl sites for hydroxylation is 2. The summed E-state index contributed by atoms with van der Waals surface area (Å²) in [6.45, 7) is 3.32. The van der Waals surface area contributed by atoms with Gasteiger partial charge >= 0.3 is 0 Å². The van der Waals surface area contributed by atoms with Gasteiger partial charge in [0.25, 0.3) is 5.91 Å². The fourth-order valence-electron chi connectivity index (χ4n) is 2.26. The summed E-state index contributed by atoms with van der Waals surface area (Å²) in [4.78, 5) is 12.2. The minimum absolute atomic E-state index is 0.346. The Balaban J connectivity index is 2.12. The van der Waals surface area contributed by atoms with E-state index in [4.69, 9.17) is 0 Å². The topological polar surface area (TPSA) is 78.8 Å². The standard InChI is InChI=1S/C18H20BrN3O3S/c1-13-4-5-14(2)17(10-13)22(26(3,24)25)12-18(23)21-20-11-15-6-8-16(19)9-7-15/h4-11H,12H2,1-3H3,(H,21,23)/b20-11-. The highest BCUT2D eigenvalue weighted by molar-refractivity contribution is 9.10. The smallest absolute Gasteiger partial charge is 0.260 e. The lowest BCUT2D eigenvalue weighted by Gasteiger charge is -2.23. The molecule has 2 aromatic rings. The van der Waals surface area contributed by atoms with Crippen molar-refractivity contribution in [2.45, 2.75) is 13.8 Å². The van der Waals surface area contributed by atoms with Gasteiger partial charge in [-0.2, -0.15) is 5.10 Å². The van der Waals surface area contributed by atoms with Crippen molar-refractivity contribution in [2.24, 2.45) is 5.10 Å². The minimum atomic E-state index is -3.62. The molecule has 0 atom stereocenters. The zero-order valence-corrected chi connectivity index (χ0v) is 17.1. The summed E-state index contributed by atoms with van der Waals surface area (Å²) in [7, 11) is -3.62. The van der Waals surface area contributed by atoms with Crippen LogP contribution in [-0.2, 0) is 14.8 Å². The van der Waals surface area contributed by atoms with Crippen molar-refractivity contribution in [1.29, 1.82) is 0 Å². The predicted octanol–water partition coefficient (Wildman–Crippen LogP) is 2.98. The van der Waals surface area contributed by atoms with Crippen molar-refractivity contribution >= 4 is 43.8 Å². The highest BCUT2D eigenvalue weighted by Gasteiger charge is 2.22. The van der Waals surface area contributed by atoms with Crippen LogP contribution in [0.4, 0.5) is 5.69 Å². The predicted molar refractivity (Wildman–Crippen MR) is 108 cm³/mol. The molecule has 8 heteroatoms. The minimum Gasteiger partial charge on any atom is -0.271 e. The van der Waals surface area contributed by atoms with E-state index < -0.39 is 15.9 Å². The largest absolute Gasteiger partial charge is 0.271 e. The van der Waals surface area contributed by atoms with E-state index in [0.29, 0.717) is 5.69 Å². The first-order chi connectivity index (χ1) is 12.2. The molecule has 0 unspecified atom stereocenters. The Labute approximate surface area is 162 Å². The van der Waals surface area contributed by atoms with Crippen LogP contribution in [0.2, 0.25) is 0 Å². The quantitative estimate of drug-likeness (QED) is 0.557. The Morgan fingerprint density at radius 2 is 1.85 bits per heavy atom. The van der Waals surface area contributed by atoms with Gasteiger partial charge in [0.15, 0.2) is 0 Å². The van der Waals surface area contributed by atoms with Crippen LogP contribution in [0.1, 0.15) is 16.7 Å². The number of anilines is 1. The number of carbonyl (C=O) groups is 1. The molecule has 1 amide bonds. The summed E-state index contributed by atoms with van der Waals surface area (Å²) in [5.41, 5.74) is 5.34. The van der Waals surface area contributed by atoms with E-state index >= 15 is 0 Å². The number of sulfonamides is 1. The first-order valence-electron chi connectivity index (χ1n) is 7.79. The highest BCUT2D eigenvalue weighted by atomic mass is 79.9. The number of amides is 1. The molecule has 0 radical (unpaired) electrons. The van der Waals surface area contributed by atoms with Crippen LogP contribution < -0.4 is 9.73 Å². The normalized spacial score (nSPS) is 11.5. The van der Waals surface area contributed by atoms with Crippen LogP contribution >= 0.6 is 15.9 Å².